The molecule has 3 amide bonds. The van der Waals surface area contributed by atoms with Crippen LogP contribution in [0.25, 0.3) is 0 Å². The van der Waals surface area contributed by atoms with Crippen molar-refractivity contribution in [3.8, 4) is 0 Å². The molecule has 2 atom stereocenters. The number of carbonyl (C=O) groups excluding carboxylic acids is 3. The third kappa shape index (κ3) is 3.73. The Kier molecular flexibility index (Phi) is 5.25. The Bertz CT molecular complexity index is 981. The van der Waals surface area contributed by atoms with Crippen LogP contribution < -0.4 is 0 Å². The van der Waals surface area contributed by atoms with Gasteiger partial charge in [-0.25, -0.2) is 0 Å². The lowest BCUT2D eigenvalue weighted by Crippen LogP contribution is -2.50. The molecule has 0 bridgehead atoms. The number of hydrogen-bond donors (Lipinski definition) is 0. The van der Waals surface area contributed by atoms with Crippen molar-refractivity contribution >= 4 is 17.7 Å². The normalized spacial score (nSPS) is 23.1. The quantitative estimate of drug-likeness (QED) is 0.680. The lowest BCUT2D eigenvalue weighted by Gasteiger charge is -2.44. The smallest absolute Gasteiger partial charge is 0.261 e. The average molecular weight is 422 g/mol. The molecule has 9 nitrogen and oxygen atoms in total. The van der Waals surface area contributed by atoms with Gasteiger partial charge in [-0.15, -0.1) is 10.2 Å². The van der Waals surface area contributed by atoms with Crippen molar-refractivity contribution in [1.82, 2.24) is 30.0 Å². The van der Waals surface area contributed by atoms with Gasteiger partial charge in [-0.05, 0) is 48.9 Å². The van der Waals surface area contributed by atoms with E-state index in [1.807, 2.05) is 4.90 Å². The number of amides is 3. The lowest BCUT2D eigenvalue weighted by molar-refractivity contribution is -0.138. The first-order valence-electron chi connectivity index (χ1n) is 11.1. The van der Waals surface area contributed by atoms with Crippen LogP contribution in [0.3, 0.4) is 0 Å². The van der Waals surface area contributed by atoms with E-state index >= 15 is 0 Å². The Balaban J connectivity index is 1.19. The van der Waals surface area contributed by atoms with E-state index in [0.717, 1.165) is 19.4 Å². The number of benzene rings is 1. The summed E-state index contributed by atoms with van der Waals surface area (Å²) in [6, 6.07) is 7.16. The van der Waals surface area contributed by atoms with Gasteiger partial charge < -0.3 is 4.90 Å². The number of nitrogens with zero attached hydrogens (tertiary/aromatic N) is 6. The monoisotopic (exact) mass is 422 g/mol. The fourth-order valence-corrected chi connectivity index (χ4v) is 5.24. The van der Waals surface area contributed by atoms with Gasteiger partial charge in [-0.3, -0.25) is 19.3 Å². The molecule has 9 heteroatoms. The molecule has 0 radical (unpaired) electrons. The standard InChI is InChI=1S/C22H26N6O3/c29-20(26-12-5-7-15-6-1-4-10-18(15)26)14-28-24-19(23-25-28)11-13-27-21(30)16-8-2-3-9-17(16)22(27)31/h2-3,8-9,15,18H,1,4-7,10-14H2/t15-,18-/m1/s1. The molecule has 1 aliphatic carbocycles. The van der Waals surface area contributed by atoms with E-state index in [2.05, 4.69) is 15.4 Å². The lowest BCUT2D eigenvalue weighted by atomic mass is 9.78. The van der Waals surface area contributed by atoms with E-state index in [1.165, 1.54) is 35.4 Å². The van der Waals surface area contributed by atoms with Crippen molar-refractivity contribution in [3.05, 3.63) is 41.2 Å². The zero-order valence-electron chi connectivity index (χ0n) is 17.4. The van der Waals surface area contributed by atoms with Crippen LogP contribution in [-0.2, 0) is 17.8 Å². The van der Waals surface area contributed by atoms with Crippen molar-refractivity contribution in [2.24, 2.45) is 5.92 Å². The summed E-state index contributed by atoms with van der Waals surface area (Å²) in [5.41, 5.74) is 0.856. The van der Waals surface area contributed by atoms with Gasteiger partial charge in [-0.2, -0.15) is 4.80 Å². The SMILES string of the molecule is O=C1c2ccccc2C(=O)N1CCc1nnn(CC(=O)N2CCC[C@H]3CCCC[C@H]32)n1. The van der Waals surface area contributed by atoms with Gasteiger partial charge in [-0.1, -0.05) is 25.0 Å². The predicted octanol–water partition coefficient (Wildman–Crippen LogP) is 1.69. The van der Waals surface area contributed by atoms with Crippen LogP contribution in [0.1, 0.15) is 65.1 Å². The van der Waals surface area contributed by atoms with E-state index in [9.17, 15) is 14.4 Å². The second-order valence-corrected chi connectivity index (χ2v) is 8.63. The third-order valence-corrected chi connectivity index (χ3v) is 6.77. The molecule has 0 unspecified atom stereocenters. The number of likely N-dealkylation sites (tertiary alicyclic amines) is 1. The van der Waals surface area contributed by atoms with Gasteiger partial charge in [0, 0.05) is 25.6 Å². The van der Waals surface area contributed by atoms with Crippen LogP contribution in [-0.4, -0.2) is 66.9 Å². The van der Waals surface area contributed by atoms with Gasteiger partial charge in [0.1, 0.15) is 6.54 Å². The molecule has 31 heavy (non-hydrogen) atoms. The Labute approximate surface area is 180 Å². The van der Waals surface area contributed by atoms with Crippen molar-refractivity contribution < 1.29 is 14.4 Å². The predicted molar refractivity (Wildman–Crippen MR) is 110 cm³/mol. The molecule has 0 spiro atoms. The van der Waals surface area contributed by atoms with Crippen LogP contribution >= 0.6 is 0 Å². The third-order valence-electron chi connectivity index (χ3n) is 6.77. The Morgan fingerprint density at radius 2 is 1.71 bits per heavy atom. The van der Waals surface area contributed by atoms with Crippen LogP contribution in [0.5, 0.6) is 0 Å². The van der Waals surface area contributed by atoms with E-state index < -0.39 is 0 Å². The molecule has 5 rings (SSSR count). The summed E-state index contributed by atoms with van der Waals surface area (Å²) in [5, 5.41) is 12.3. The minimum Gasteiger partial charge on any atom is -0.338 e. The molecular formula is C22H26N6O3. The summed E-state index contributed by atoms with van der Waals surface area (Å²) in [6.45, 7) is 1.06. The first kappa shape index (κ1) is 19.8. The fraction of sp³-hybridized carbons (Fsp3) is 0.545. The van der Waals surface area contributed by atoms with Crippen LogP contribution in [0.4, 0.5) is 0 Å². The minimum atomic E-state index is -0.296. The summed E-state index contributed by atoms with van der Waals surface area (Å²) in [4.78, 5) is 42.4. The molecule has 2 aromatic rings. The highest BCUT2D eigenvalue weighted by atomic mass is 16.2. The molecule has 3 heterocycles. The zero-order chi connectivity index (χ0) is 21.4. The molecule has 0 N–H and O–H groups in total. The number of aromatic nitrogens is 4. The van der Waals surface area contributed by atoms with Crippen molar-refractivity contribution in [2.45, 2.75) is 57.5 Å². The molecule has 3 aliphatic rings. The second kappa shape index (κ2) is 8.20. The number of fused-ring (bicyclic) bond motifs is 2. The van der Waals surface area contributed by atoms with Crippen molar-refractivity contribution in [3.63, 3.8) is 0 Å². The maximum atomic E-state index is 12.9. The van der Waals surface area contributed by atoms with Crippen LogP contribution in [0, 0.1) is 5.92 Å². The maximum Gasteiger partial charge on any atom is 0.261 e. The van der Waals surface area contributed by atoms with Gasteiger partial charge in [0.15, 0.2) is 5.82 Å². The molecule has 1 saturated carbocycles. The van der Waals surface area contributed by atoms with E-state index in [-0.39, 0.29) is 30.8 Å². The molecule has 1 saturated heterocycles. The highest BCUT2D eigenvalue weighted by molar-refractivity contribution is 6.21. The molecule has 2 fully saturated rings. The largest absolute Gasteiger partial charge is 0.338 e. The topological polar surface area (TPSA) is 101 Å². The van der Waals surface area contributed by atoms with Crippen LogP contribution in [0.2, 0.25) is 0 Å². The van der Waals surface area contributed by atoms with Crippen LogP contribution in [0.15, 0.2) is 24.3 Å². The summed E-state index contributed by atoms with van der Waals surface area (Å²) >= 11 is 0. The first-order chi connectivity index (χ1) is 15.1. The highest BCUT2D eigenvalue weighted by Gasteiger charge is 2.36. The number of carbonyl (C=O) groups is 3. The zero-order valence-corrected chi connectivity index (χ0v) is 17.4. The average Bonchev–Trinajstić information content (AvgIpc) is 3.34. The number of tetrazole rings is 1. The molecule has 162 valence electrons. The van der Waals surface area contributed by atoms with E-state index in [1.54, 1.807) is 24.3 Å². The molecular weight excluding hydrogens is 396 g/mol. The Morgan fingerprint density at radius 1 is 1.00 bits per heavy atom. The van der Waals surface area contributed by atoms with Gasteiger partial charge in [0.25, 0.3) is 11.8 Å². The minimum absolute atomic E-state index is 0.0425. The Hall–Kier alpha value is -3.10. The number of hydrogen-bond acceptors (Lipinski definition) is 6. The number of imide groups is 1. The molecule has 1 aromatic heterocycles. The summed E-state index contributed by atoms with van der Waals surface area (Å²) in [6.07, 6.45) is 7.35. The molecule has 2 aliphatic heterocycles. The second-order valence-electron chi connectivity index (χ2n) is 8.63. The van der Waals surface area contributed by atoms with Crippen molar-refractivity contribution in [2.75, 3.05) is 13.1 Å². The van der Waals surface area contributed by atoms with Crippen molar-refractivity contribution in [1.29, 1.82) is 0 Å². The number of piperidine rings is 1. The summed E-state index contributed by atoms with van der Waals surface area (Å²) in [7, 11) is 0. The van der Waals surface area contributed by atoms with E-state index in [0.29, 0.717) is 35.3 Å². The first-order valence-corrected chi connectivity index (χ1v) is 11.1. The summed E-state index contributed by atoms with van der Waals surface area (Å²) < 4.78 is 0. The summed E-state index contributed by atoms with van der Waals surface area (Å²) in [5.74, 6) is 0.496. The fourth-order valence-electron chi connectivity index (χ4n) is 5.24. The highest BCUT2D eigenvalue weighted by Crippen LogP contribution is 2.35. The van der Waals surface area contributed by atoms with Gasteiger partial charge in [0.2, 0.25) is 5.91 Å². The maximum absolute atomic E-state index is 12.9. The molecule has 1 aromatic carbocycles. The number of rotatable bonds is 5. The van der Waals surface area contributed by atoms with E-state index in [4.69, 9.17) is 0 Å². The Morgan fingerprint density at radius 3 is 2.48 bits per heavy atom. The van der Waals surface area contributed by atoms with Gasteiger partial charge in [0.05, 0.1) is 11.1 Å². The van der Waals surface area contributed by atoms with Gasteiger partial charge >= 0.3 is 0 Å².